The molecule has 0 amide bonds. The van der Waals surface area contributed by atoms with E-state index in [0.717, 1.165) is 0 Å². The van der Waals surface area contributed by atoms with Crippen LogP contribution in [0.25, 0.3) is 0 Å². The summed E-state index contributed by atoms with van der Waals surface area (Å²) in [5.41, 5.74) is 0. The quantitative estimate of drug-likeness (QED) is 0.259. The minimum atomic E-state index is 1.17. The Kier molecular flexibility index (Phi) is 56.9. The molecule has 150 valence electrons. The van der Waals surface area contributed by atoms with E-state index < -0.39 is 0 Å². The van der Waals surface area contributed by atoms with E-state index in [4.69, 9.17) is 0 Å². The van der Waals surface area contributed by atoms with Crippen molar-refractivity contribution >= 4 is 0 Å². The van der Waals surface area contributed by atoms with Crippen molar-refractivity contribution in [3.8, 4) is 0 Å². The van der Waals surface area contributed by atoms with Gasteiger partial charge in [0.1, 0.15) is 0 Å². The van der Waals surface area contributed by atoms with Crippen molar-refractivity contribution in [1.82, 2.24) is 0 Å². The smallest absolute Gasteiger partial charge is 0.0379 e. The summed E-state index contributed by atoms with van der Waals surface area (Å²) in [6.45, 7) is 17.7. The average Bonchev–Trinajstić information content (AvgIpc) is 2.62. The van der Waals surface area contributed by atoms with Gasteiger partial charge in [-0.3, -0.25) is 0 Å². The Bertz CT molecular complexity index is 120. The summed E-state index contributed by atoms with van der Waals surface area (Å²) >= 11 is 0. The number of rotatable bonds is 11. The van der Waals surface area contributed by atoms with E-state index in [9.17, 15) is 0 Å². The Labute approximate surface area is 157 Å². The van der Waals surface area contributed by atoms with Crippen molar-refractivity contribution in [2.75, 3.05) is 0 Å². The standard InChI is InChI=1S/3C6H14.C6H12/c4*1-3-5-6-4-2/h3*3-6H2,1-2H3;5-6H,3-4H2,1-2H3. The number of unbranched alkanes of at least 4 members (excludes halogenated alkanes) is 9. The van der Waals surface area contributed by atoms with Crippen LogP contribution in [-0.2, 0) is 0 Å². The Hall–Kier alpha value is -0.260. The molecule has 0 aromatic carbocycles. The fourth-order valence-corrected chi connectivity index (χ4v) is 1.83. The molecule has 0 radical (unpaired) electrons. The molecule has 0 aliphatic heterocycles. The van der Waals surface area contributed by atoms with Gasteiger partial charge in [0.2, 0.25) is 0 Å². The molecule has 0 spiro atoms. The Morgan fingerprint density at radius 3 is 0.583 bits per heavy atom. The minimum Gasteiger partial charge on any atom is -0.0888 e. The lowest BCUT2D eigenvalue weighted by Crippen LogP contribution is -1.66. The van der Waals surface area contributed by atoms with E-state index in [1.807, 2.05) is 0 Å². The number of allylic oxidation sites excluding steroid dienone is 2. The monoisotopic (exact) mass is 342 g/mol. The van der Waals surface area contributed by atoms with Crippen LogP contribution in [0.3, 0.4) is 0 Å². The topological polar surface area (TPSA) is 0 Å². The van der Waals surface area contributed by atoms with Crippen LogP contribution in [0.15, 0.2) is 12.2 Å². The Morgan fingerprint density at radius 1 is 0.333 bits per heavy atom. The van der Waals surface area contributed by atoms with Gasteiger partial charge in [-0.2, -0.15) is 0 Å². The first-order valence-electron chi connectivity index (χ1n) is 11.3. The molecule has 0 N–H and O–H groups in total. The summed E-state index contributed by atoms with van der Waals surface area (Å²) in [6, 6.07) is 0. The van der Waals surface area contributed by atoms with Crippen molar-refractivity contribution in [1.29, 1.82) is 0 Å². The fraction of sp³-hybridized carbons (Fsp3) is 0.917. The summed E-state index contributed by atoms with van der Waals surface area (Å²) in [5, 5.41) is 0. The molecule has 0 heteroatoms. The van der Waals surface area contributed by atoms with Gasteiger partial charge in [0.25, 0.3) is 0 Å². The molecular formula is C24H54. The van der Waals surface area contributed by atoms with Crippen LogP contribution in [0.5, 0.6) is 0 Å². The highest BCUT2D eigenvalue weighted by Gasteiger charge is 1.76. The molecule has 0 fully saturated rings. The molecule has 0 saturated heterocycles. The molecule has 24 heavy (non-hydrogen) atoms. The zero-order chi connectivity index (χ0) is 19.3. The van der Waals surface area contributed by atoms with E-state index in [0.29, 0.717) is 0 Å². The van der Waals surface area contributed by atoms with Gasteiger partial charge in [-0.15, -0.1) is 0 Å². The number of hydrogen-bond donors (Lipinski definition) is 0. The molecule has 0 heterocycles. The summed E-state index contributed by atoms with van der Waals surface area (Å²) < 4.78 is 0. The van der Waals surface area contributed by atoms with Crippen LogP contribution < -0.4 is 0 Å². The zero-order valence-corrected chi connectivity index (χ0v) is 19.1. The summed E-state index contributed by atoms with van der Waals surface area (Å²) in [6.07, 6.45) is 23.3. The average molecular weight is 343 g/mol. The first-order chi connectivity index (χ1) is 11.7. The van der Waals surface area contributed by atoms with Crippen molar-refractivity contribution in [2.24, 2.45) is 0 Å². The lowest BCUT2D eigenvalue weighted by atomic mass is 10.2. The van der Waals surface area contributed by atoms with Crippen molar-refractivity contribution < 1.29 is 0 Å². The normalized spacial score (nSPS) is 9.33. The zero-order valence-electron chi connectivity index (χ0n) is 19.1. The van der Waals surface area contributed by atoms with E-state index >= 15 is 0 Å². The van der Waals surface area contributed by atoms with E-state index in [-0.39, 0.29) is 0 Å². The molecule has 0 aromatic rings. The van der Waals surface area contributed by atoms with Gasteiger partial charge < -0.3 is 0 Å². The predicted molar refractivity (Wildman–Crippen MR) is 119 cm³/mol. The maximum absolute atomic E-state index is 2.23. The van der Waals surface area contributed by atoms with Gasteiger partial charge >= 0.3 is 0 Å². The maximum atomic E-state index is 2.23. The van der Waals surface area contributed by atoms with Gasteiger partial charge in [-0.1, -0.05) is 145 Å². The molecule has 0 atom stereocenters. The molecule has 0 aromatic heterocycles. The molecular weight excluding hydrogens is 288 g/mol. The van der Waals surface area contributed by atoms with Gasteiger partial charge in [0, 0.05) is 0 Å². The highest BCUT2D eigenvalue weighted by atomic mass is 13.8. The summed E-state index contributed by atoms with van der Waals surface area (Å²) in [7, 11) is 0. The van der Waals surface area contributed by atoms with Crippen molar-refractivity contribution in [3.05, 3.63) is 12.2 Å². The van der Waals surface area contributed by atoms with Crippen LogP contribution in [0.2, 0.25) is 0 Å². The van der Waals surface area contributed by atoms with E-state index in [1.165, 1.54) is 89.9 Å². The van der Waals surface area contributed by atoms with Gasteiger partial charge in [0.15, 0.2) is 0 Å². The van der Waals surface area contributed by atoms with Crippen LogP contribution in [0.1, 0.15) is 145 Å². The third-order valence-electron chi connectivity index (χ3n) is 3.51. The van der Waals surface area contributed by atoms with Crippen LogP contribution >= 0.6 is 0 Å². The molecule has 0 bridgehead atoms. The Morgan fingerprint density at radius 2 is 0.500 bits per heavy atom. The molecule has 0 aliphatic carbocycles. The molecule has 0 unspecified atom stereocenters. The highest BCUT2D eigenvalue weighted by Crippen LogP contribution is 1.96. The highest BCUT2D eigenvalue weighted by molar-refractivity contribution is 4.77. The van der Waals surface area contributed by atoms with E-state index in [1.54, 1.807) is 0 Å². The SMILES string of the molecule is CCC=CCC.CCCCCC.CCCCCC.CCCCCC. The van der Waals surface area contributed by atoms with Gasteiger partial charge in [-0.25, -0.2) is 0 Å². The van der Waals surface area contributed by atoms with Crippen LogP contribution in [-0.4, -0.2) is 0 Å². The van der Waals surface area contributed by atoms with E-state index in [2.05, 4.69) is 67.5 Å². The summed E-state index contributed by atoms with van der Waals surface area (Å²) in [4.78, 5) is 0. The lowest BCUT2D eigenvalue weighted by molar-refractivity contribution is 0.702. The molecule has 0 nitrogen and oxygen atoms in total. The van der Waals surface area contributed by atoms with Crippen molar-refractivity contribution in [2.45, 2.75) is 145 Å². The van der Waals surface area contributed by atoms with Crippen molar-refractivity contribution in [3.63, 3.8) is 0 Å². The third-order valence-corrected chi connectivity index (χ3v) is 3.51. The second kappa shape index (κ2) is 43.4. The number of hydrogen-bond acceptors (Lipinski definition) is 0. The molecule has 0 rings (SSSR count). The summed E-state index contributed by atoms with van der Waals surface area (Å²) in [5.74, 6) is 0. The van der Waals surface area contributed by atoms with Gasteiger partial charge in [-0.05, 0) is 12.8 Å². The van der Waals surface area contributed by atoms with Crippen LogP contribution in [0, 0.1) is 0 Å². The van der Waals surface area contributed by atoms with Crippen LogP contribution in [0.4, 0.5) is 0 Å². The minimum absolute atomic E-state index is 1.17. The first-order valence-corrected chi connectivity index (χ1v) is 11.3. The second-order valence-electron chi connectivity index (χ2n) is 6.41. The second-order valence-corrected chi connectivity index (χ2v) is 6.41. The molecule has 0 aliphatic rings. The fourth-order valence-electron chi connectivity index (χ4n) is 1.83. The first kappa shape index (κ1) is 31.5. The maximum Gasteiger partial charge on any atom is -0.0379 e. The largest absolute Gasteiger partial charge is 0.0888 e. The lowest BCUT2D eigenvalue weighted by Gasteiger charge is -1.86. The Balaban J connectivity index is -0.000000111. The predicted octanol–water partition coefficient (Wildman–Crippen LogP) is 10.1. The molecule has 0 saturated carbocycles. The third kappa shape index (κ3) is 67.8. The van der Waals surface area contributed by atoms with Gasteiger partial charge in [0.05, 0.1) is 0 Å².